The summed E-state index contributed by atoms with van der Waals surface area (Å²) in [6.07, 6.45) is 3.80. The molecule has 19 heavy (non-hydrogen) atoms. The van der Waals surface area contributed by atoms with Crippen molar-refractivity contribution in [3.63, 3.8) is 0 Å². The van der Waals surface area contributed by atoms with Gasteiger partial charge in [0.2, 0.25) is 0 Å². The van der Waals surface area contributed by atoms with Crippen molar-refractivity contribution in [2.75, 3.05) is 13.2 Å². The number of nitrogens with one attached hydrogen (secondary N) is 1. The average Bonchev–Trinajstić information content (AvgIpc) is 2.39. The summed E-state index contributed by atoms with van der Waals surface area (Å²) in [5.74, 6) is 0. The fraction of sp³-hybridized carbons (Fsp3) is 0.643. The van der Waals surface area contributed by atoms with Gasteiger partial charge in [-0.3, -0.25) is 0 Å². The van der Waals surface area contributed by atoms with Crippen molar-refractivity contribution in [2.24, 2.45) is 0 Å². The Morgan fingerprint density at radius 3 is 2.79 bits per heavy atom. The quantitative estimate of drug-likeness (QED) is 0.707. The first kappa shape index (κ1) is 17.0. The predicted octanol–water partition coefficient (Wildman–Crippen LogP) is 3.47. The second kappa shape index (κ2) is 8.25. The smallest absolute Gasteiger partial charge is 0.0963 e. The molecule has 1 heterocycles. The molecule has 0 bridgehead atoms. The topological polar surface area (TPSA) is 45.1 Å². The van der Waals surface area contributed by atoms with E-state index in [4.69, 9.17) is 0 Å². The third-order valence-electron chi connectivity index (χ3n) is 2.91. The van der Waals surface area contributed by atoms with Gasteiger partial charge in [0.05, 0.1) is 11.6 Å². The lowest BCUT2D eigenvalue weighted by molar-refractivity contribution is 0.166. The van der Waals surface area contributed by atoms with E-state index in [2.05, 4.69) is 47.0 Å². The van der Waals surface area contributed by atoms with Crippen LogP contribution in [0.2, 0.25) is 0 Å². The fourth-order valence-electron chi connectivity index (χ4n) is 1.93. The number of nitrogens with zero attached hydrogens (tertiary/aromatic N) is 1. The van der Waals surface area contributed by atoms with Crippen molar-refractivity contribution < 1.29 is 5.11 Å². The Hall–Kier alpha value is -0.100. The number of aliphatic hydroxyl groups is 1. The van der Waals surface area contributed by atoms with Crippen LogP contribution in [0.25, 0.3) is 0 Å². The normalized spacial score (nSPS) is 16.1. The highest BCUT2D eigenvalue weighted by Crippen LogP contribution is 2.27. The Morgan fingerprint density at radius 2 is 2.26 bits per heavy atom. The van der Waals surface area contributed by atoms with Gasteiger partial charge in [-0.05, 0) is 54.4 Å². The van der Waals surface area contributed by atoms with Crippen LogP contribution in [0, 0.1) is 0 Å². The SMILES string of the molecule is CCCNC(C)(CO)CC(C)Sc1ccc(Br)cn1. The zero-order chi connectivity index (χ0) is 14.3. The minimum Gasteiger partial charge on any atom is -0.394 e. The lowest BCUT2D eigenvalue weighted by Crippen LogP contribution is -2.47. The molecule has 1 rings (SSSR count). The number of thioether (sulfide) groups is 1. The van der Waals surface area contributed by atoms with E-state index < -0.39 is 0 Å². The molecule has 0 fully saturated rings. The molecule has 2 atom stereocenters. The second-order valence-corrected chi connectivity index (χ2v) is 7.47. The second-order valence-electron chi connectivity index (χ2n) is 5.09. The van der Waals surface area contributed by atoms with Gasteiger partial charge in [0.1, 0.15) is 0 Å². The molecule has 0 aliphatic rings. The number of pyridine rings is 1. The van der Waals surface area contributed by atoms with Gasteiger partial charge in [-0.15, -0.1) is 11.8 Å². The molecule has 0 spiro atoms. The molecule has 1 aromatic heterocycles. The lowest BCUT2D eigenvalue weighted by atomic mass is 9.97. The highest BCUT2D eigenvalue weighted by atomic mass is 79.9. The summed E-state index contributed by atoms with van der Waals surface area (Å²) in [6.45, 7) is 7.48. The van der Waals surface area contributed by atoms with Crippen LogP contribution in [-0.4, -0.2) is 34.0 Å². The Labute approximate surface area is 128 Å². The summed E-state index contributed by atoms with van der Waals surface area (Å²) in [6, 6.07) is 4.02. The minimum atomic E-state index is -0.211. The van der Waals surface area contributed by atoms with Gasteiger partial charge in [-0.2, -0.15) is 0 Å². The molecule has 0 aromatic carbocycles. The zero-order valence-electron chi connectivity index (χ0n) is 11.8. The Morgan fingerprint density at radius 1 is 1.53 bits per heavy atom. The number of aliphatic hydroxyl groups excluding tert-OH is 1. The van der Waals surface area contributed by atoms with E-state index in [-0.39, 0.29) is 12.1 Å². The van der Waals surface area contributed by atoms with Crippen LogP contribution in [-0.2, 0) is 0 Å². The molecular formula is C14H23BrN2OS. The average molecular weight is 347 g/mol. The molecule has 0 saturated carbocycles. The molecule has 2 N–H and O–H groups in total. The Bertz CT molecular complexity index is 374. The van der Waals surface area contributed by atoms with E-state index in [0.717, 1.165) is 28.9 Å². The van der Waals surface area contributed by atoms with Crippen LogP contribution in [0.4, 0.5) is 0 Å². The third-order valence-corrected chi connectivity index (χ3v) is 4.43. The predicted molar refractivity (Wildman–Crippen MR) is 85.7 cm³/mol. The van der Waals surface area contributed by atoms with Crippen LogP contribution in [0.1, 0.15) is 33.6 Å². The van der Waals surface area contributed by atoms with Crippen LogP contribution in [0.3, 0.4) is 0 Å². The number of hydrogen-bond acceptors (Lipinski definition) is 4. The molecule has 0 aliphatic carbocycles. The van der Waals surface area contributed by atoms with Crippen LogP contribution >= 0.6 is 27.7 Å². The van der Waals surface area contributed by atoms with Crippen LogP contribution in [0.5, 0.6) is 0 Å². The van der Waals surface area contributed by atoms with Crippen molar-refractivity contribution >= 4 is 27.7 Å². The van der Waals surface area contributed by atoms with Gasteiger partial charge in [0.15, 0.2) is 0 Å². The maximum absolute atomic E-state index is 9.57. The first-order valence-corrected chi connectivity index (χ1v) is 8.30. The molecule has 0 amide bonds. The first-order valence-electron chi connectivity index (χ1n) is 6.63. The molecule has 3 nitrogen and oxygen atoms in total. The van der Waals surface area contributed by atoms with Gasteiger partial charge >= 0.3 is 0 Å². The molecule has 0 radical (unpaired) electrons. The standard InChI is InChI=1S/C14H23BrN2OS/c1-4-7-17-14(3,10-18)8-11(2)19-13-6-5-12(15)9-16-13/h5-6,9,11,17-18H,4,7-8,10H2,1-3H3. The summed E-state index contributed by atoms with van der Waals surface area (Å²) in [7, 11) is 0. The highest BCUT2D eigenvalue weighted by Gasteiger charge is 2.25. The summed E-state index contributed by atoms with van der Waals surface area (Å²) >= 11 is 5.13. The van der Waals surface area contributed by atoms with E-state index in [9.17, 15) is 5.11 Å². The van der Waals surface area contributed by atoms with Crippen molar-refractivity contribution in [3.8, 4) is 0 Å². The van der Waals surface area contributed by atoms with Gasteiger partial charge < -0.3 is 10.4 Å². The molecular weight excluding hydrogens is 324 g/mol. The monoisotopic (exact) mass is 346 g/mol. The van der Waals surface area contributed by atoms with Gasteiger partial charge in [-0.25, -0.2) is 4.98 Å². The Balaban J connectivity index is 2.52. The summed E-state index contributed by atoms with van der Waals surface area (Å²) in [5.41, 5.74) is -0.211. The number of hydrogen-bond donors (Lipinski definition) is 2. The summed E-state index contributed by atoms with van der Waals surface area (Å²) in [5, 5.41) is 14.4. The largest absolute Gasteiger partial charge is 0.394 e. The van der Waals surface area contributed by atoms with Gasteiger partial charge in [0, 0.05) is 21.5 Å². The summed E-state index contributed by atoms with van der Waals surface area (Å²) in [4.78, 5) is 4.37. The zero-order valence-corrected chi connectivity index (χ0v) is 14.2. The summed E-state index contributed by atoms with van der Waals surface area (Å²) < 4.78 is 0.995. The van der Waals surface area contributed by atoms with Crippen molar-refractivity contribution in [1.82, 2.24) is 10.3 Å². The lowest BCUT2D eigenvalue weighted by Gasteiger charge is -2.31. The fourth-order valence-corrected chi connectivity index (χ4v) is 3.29. The number of rotatable bonds is 8. The molecule has 108 valence electrons. The minimum absolute atomic E-state index is 0.158. The van der Waals surface area contributed by atoms with Gasteiger partial charge in [0.25, 0.3) is 0 Å². The third kappa shape index (κ3) is 6.25. The molecule has 0 saturated heterocycles. The van der Waals surface area contributed by atoms with E-state index >= 15 is 0 Å². The molecule has 2 unspecified atom stereocenters. The maximum Gasteiger partial charge on any atom is 0.0963 e. The van der Waals surface area contributed by atoms with Gasteiger partial charge in [-0.1, -0.05) is 13.8 Å². The van der Waals surface area contributed by atoms with Crippen LogP contribution in [0.15, 0.2) is 27.8 Å². The van der Waals surface area contributed by atoms with E-state index in [1.54, 1.807) is 11.8 Å². The number of halogens is 1. The van der Waals surface area contributed by atoms with Crippen LogP contribution < -0.4 is 5.32 Å². The highest BCUT2D eigenvalue weighted by molar-refractivity contribution is 9.10. The molecule has 5 heteroatoms. The Kier molecular flexibility index (Phi) is 7.36. The maximum atomic E-state index is 9.57. The molecule has 1 aromatic rings. The van der Waals surface area contributed by atoms with Crippen molar-refractivity contribution in [2.45, 2.75) is 49.4 Å². The van der Waals surface area contributed by atoms with Crippen molar-refractivity contribution in [1.29, 1.82) is 0 Å². The molecule has 0 aliphatic heterocycles. The van der Waals surface area contributed by atoms with E-state index in [1.165, 1.54) is 0 Å². The first-order chi connectivity index (χ1) is 8.99. The van der Waals surface area contributed by atoms with E-state index in [1.807, 2.05) is 18.3 Å². The van der Waals surface area contributed by atoms with E-state index in [0.29, 0.717) is 5.25 Å². The van der Waals surface area contributed by atoms with Crippen molar-refractivity contribution in [3.05, 3.63) is 22.8 Å². The number of aromatic nitrogens is 1.